The summed E-state index contributed by atoms with van der Waals surface area (Å²) in [5.41, 5.74) is 1.86. The SMILES string of the molecule is CCC(C)CC(=O)OCC(=O)OCC[C@H]1C[C@H]2[C@@H]3CCC4=CC(=O)CC[C@@H]4[C@H]3CC[C@]2(C)C1. The summed E-state index contributed by atoms with van der Waals surface area (Å²) in [4.78, 5) is 35.7. The molecule has 5 nitrogen and oxygen atoms in total. The van der Waals surface area contributed by atoms with Crippen LogP contribution in [0.15, 0.2) is 11.6 Å². The van der Waals surface area contributed by atoms with Gasteiger partial charge in [-0.15, -0.1) is 0 Å². The van der Waals surface area contributed by atoms with Crippen LogP contribution >= 0.6 is 0 Å². The second kappa shape index (κ2) is 10.3. The Labute approximate surface area is 199 Å². The molecule has 5 heteroatoms. The van der Waals surface area contributed by atoms with Gasteiger partial charge in [0.15, 0.2) is 12.4 Å². The van der Waals surface area contributed by atoms with E-state index in [9.17, 15) is 14.4 Å². The number of allylic oxidation sites excluding steroid dienone is 1. The zero-order valence-electron chi connectivity index (χ0n) is 20.8. The van der Waals surface area contributed by atoms with Crippen LogP contribution in [0.5, 0.6) is 0 Å². The summed E-state index contributed by atoms with van der Waals surface area (Å²) in [6.07, 6.45) is 13.4. The van der Waals surface area contributed by atoms with E-state index in [0.29, 0.717) is 36.1 Å². The van der Waals surface area contributed by atoms with Crippen molar-refractivity contribution in [1.29, 1.82) is 0 Å². The summed E-state index contributed by atoms with van der Waals surface area (Å²) >= 11 is 0. The molecule has 1 unspecified atom stereocenters. The van der Waals surface area contributed by atoms with Crippen LogP contribution in [0.4, 0.5) is 0 Å². The molecule has 4 aliphatic rings. The Balaban J connectivity index is 1.23. The minimum absolute atomic E-state index is 0.271. The zero-order valence-corrected chi connectivity index (χ0v) is 20.8. The van der Waals surface area contributed by atoms with Crippen LogP contribution in [0.3, 0.4) is 0 Å². The minimum atomic E-state index is -0.437. The molecule has 33 heavy (non-hydrogen) atoms. The maximum Gasteiger partial charge on any atom is 0.344 e. The fourth-order valence-electron chi connectivity index (χ4n) is 7.62. The van der Waals surface area contributed by atoms with Crippen molar-refractivity contribution < 1.29 is 23.9 Å². The van der Waals surface area contributed by atoms with Gasteiger partial charge in [-0.2, -0.15) is 0 Å². The van der Waals surface area contributed by atoms with E-state index in [4.69, 9.17) is 9.47 Å². The van der Waals surface area contributed by atoms with Crippen LogP contribution in [0.1, 0.15) is 91.4 Å². The number of fused-ring (bicyclic) bond motifs is 5. The molecule has 0 aromatic carbocycles. The van der Waals surface area contributed by atoms with Crippen LogP contribution in [-0.2, 0) is 23.9 Å². The highest BCUT2D eigenvalue weighted by Crippen LogP contribution is 2.63. The number of rotatable bonds is 8. The van der Waals surface area contributed by atoms with Crippen molar-refractivity contribution in [2.24, 2.45) is 40.9 Å². The van der Waals surface area contributed by atoms with Gasteiger partial charge in [0.25, 0.3) is 0 Å². The van der Waals surface area contributed by atoms with Gasteiger partial charge in [-0.05, 0) is 98.4 Å². The van der Waals surface area contributed by atoms with E-state index in [1.807, 2.05) is 19.9 Å². The van der Waals surface area contributed by atoms with E-state index >= 15 is 0 Å². The molecule has 3 fully saturated rings. The Morgan fingerprint density at radius 2 is 1.94 bits per heavy atom. The van der Waals surface area contributed by atoms with E-state index < -0.39 is 5.97 Å². The van der Waals surface area contributed by atoms with Crippen molar-refractivity contribution in [3.05, 3.63) is 11.6 Å². The van der Waals surface area contributed by atoms with Crippen molar-refractivity contribution in [2.45, 2.75) is 91.4 Å². The van der Waals surface area contributed by atoms with Crippen LogP contribution in [0.2, 0.25) is 0 Å². The molecule has 4 rings (SSSR count). The molecule has 7 atom stereocenters. The van der Waals surface area contributed by atoms with Gasteiger partial charge in [0, 0.05) is 12.8 Å². The number of hydrogen-bond donors (Lipinski definition) is 0. The third-order valence-corrected chi connectivity index (χ3v) is 9.51. The van der Waals surface area contributed by atoms with Crippen molar-refractivity contribution in [3.8, 4) is 0 Å². The molecule has 0 amide bonds. The van der Waals surface area contributed by atoms with E-state index in [1.54, 1.807) is 0 Å². The first-order valence-electron chi connectivity index (χ1n) is 13.3. The molecular weight excluding hydrogens is 416 g/mol. The van der Waals surface area contributed by atoms with Gasteiger partial charge < -0.3 is 9.47 Å². The second-order valence-electron chi connectivity index (χ2n) is 11.7. The van der Waals surface area contributed by atoms with Crippen molar-refractivity contribution >= 4 is 17.7 Å². The molecule has 0 aromatic rings. The fourth-order valence-corrected chi connectivity index (χ4v) is 7.62. The summed E-state index contributed by atoms with van der Waals surface area (Å²) in [7, 11) is 0. The minimum Gasteiger partial charge on any atom is -0.463 e. The molecule has 0 bridgehead atoms. The Bertz CT molecular complexity index is 785. The van der Waals surface area contributed by atoms with E-state index in [1.165, 1.54) is 37.7 Å². The lowest BCUT2D eigenvalue weighted by molar-refractivity contribution is -0.159. The van der Waals surface area contributed by atoms with Gasteiger partial charge in [0.05, 0.1) is 6.61 Å². The molecule has 0 aliphatic heterocycles. The lowest BCUT2D eigenvalue weighted by Crippen LogP contribution is -2.44. The first-order valence-corrected chi connectivity index (χ1v) is 13.3. The number of esters is 2. The highest BCUT2D eigenvalue weighted by molar-refractivity contribution is 5.91. The Kier molecular flexibility index (Phi) is 7.65. The average molecular weight is 459 g/mol. The maximum absolute atomic E-state index is 12.0. The molecule has 0 N–H and O–H groups in total. The summed E-state index contributed by atoms with van der Waals surface area (Å²) in [6, 6.07) is 0. The van der Waals surface area contributed by atoms with Crippen LogP contribution in [0.25, 0.3) is 0 Å². The standard InChI is InChI=1S/C28H42O5/c1-4-18(2)13-26(30)33-17-27(31)32-12-10-19-14-25-24-7-5-20-15-21(29)6-8-22(20)23(24)9-11-28(25,3)16-19/h15,18-19,22-25H,4-14,16-17H2,1-3H3/t18?,19-,22-,23+,24+,25-,28+/m0/s1. The second-order valence-corrected chi connectivity index (χ2v) is 11.7. The van der Waals surface area contributed by atoms with Gasteiger partial charge in [0.2, 0.25) is 0 Å². The lowest BCUT2D eigenvalue weighted by atomic mass is 9.52. The number of hydrogen-bond acceptors (Lipinski definition) is 5. The highest BCUT2D eigenvalue weighted by atomic mass is 16.6. The molecular formula is C28H42O5. The van der Waals surface area contributed by atoms with Gasteiger partial charge in [-0.25, -0.2) is 4.79 Å². The Hall–Kier alpha value is -1.65. The van der Waals surface area contributed by atoms with Gasteiger partial charge >= 0.3 is 11.9 Å². The lowest BCUT2D eigenvalue weighted by Gasteiger charge is -2.52. The topological polar surface area (TPSA) is 69.7 Å². The molecule has 0 heterocycles. The summed E-state index contributed by atoms with van der Waals surface area (Å²) in [5.74, 6) is 3.41. The van der Waals surface area contributed by atoms with E-state index in [2.05, 4.69) is 6.92 Å². The van der Waals surface area contributed by atoms with Crippen LogP contribution in [0, 0.1) is 40.9 Å². The predicted molar refractivity (Wildman–Crippen MR) is 126 cm³/mol. The van der Waals surface area contributed by atoms with E-state index in [-0.39, 0.29) is 18.5 Å². The first kappa shape index (κ1) is 24.5. The molecule has 184 valence electrons. The summed E-state index contributed by atoms with van der Waals surface area (Å²) in [6.45, 7) is 6.67. The normalized spacial score (nSPS) is 36.2. The summed E-state index contributed by atoms with van der Waals surface area (Å²) in [5, 5.41) is 0. The van der Waals surface area contributed by atoms with Gasteiger partial charge in [-0.1, -0.05) is 32.8 Å². The zero-order chi connectivity index (χ0) is 23.6. The van der Waals surface area contributed by atoms with Crippen molar-refractivity contribution in [1.82, 2.24) is 0 Å². The molecule has 0 spiro atoms. The third kappa shape index (κ3) is 5.54. The number of carbonyl (C=O) groups excluding carboxylic acids is 3. The van der Waals surface area contributed by atoms with Gasteiger partial charge in [-0.3, -0.25) is 9.59 Å². The quantitative estimate of drug-likeness (QED) is 0.439. The fraction of sp³-hybridized carbons (Fsp3) is 0.821. The number of ketones is 1. The Morgan fingerprint density at radius 1 is 1.12 bits per heavy atom. The predicted octanol–water partition coefficient (Wildman–Crippen LogP) is 5.66. The van der Waals surface area contributed by atoms with Gasteiger partial charge in [0.1, 0.15) is 0 Å². The molecule has 0 aromatic heterocycles. The molecule has 0 radical (unpaired) electrons. The van der Waals surface area contributed by atoms with E-state index in [0.717, 1.165) is 49.9 Å². The number of carbonyl (C=O) groups is 3. The highest BCUT2D eigenvalue weighted by Gasteiger charge is 2.54. The van der Waals surface area contributed by atoms with Crippen molar-refractivity contribution in [2.75, 3.05) is 13.2 Å². The third-order valence-electron chi connectivity index (χ3n) is 9.51. The van der Waals surface area contributed by atoms with Crippen molar-refractivity contribution in [3.63, 3.8) is 0 Å². The Morgan fingerprint density at radius 3 is 2.73 bits per heavy atom. The van der Waals surface area contributed by atoms with Crippen LogP contribution in [-0.4, -0.2) is 30.9 Å². The largest absolute Gasteiger partial charge is 0.463 e. The maximum atomic E-state index is 12.0. The van der Waals surface area contributed by atoms with Crippen LogP contribution < -0.4 is 0 Å². The average Bonchev–Trinajstić information content (AvgIpc) is 3.13. The smallest absolute Gasteiger partial charge is 0.344 e. The molecule has 3 saturated carbocycles. The monoisotopic (exact) mass is 458 g/mol. The molecule has 0 saturated heterocycles. The first-order chi connectivity index (χ1) is 15.8. The summed E-state index contributed by atoms with van der Waals surface area (Å²) < 4.78 is 10.5. The molecule has 4 aliphatic carbocycles. The number of ether oxygens (including phenoxy) is 2.